The molecule has 132 valence electrons. The highest BCUT2D eigenvalue weighted by atomic mass is 16.6. The number of nitrogens with two attached hydrogens (primary N) is 3. The summed E-state index contributed by atoms with van der Waals surface area (Å²) in [5, 5.41) is 46.5. The Hall–Kier alpha value is -2.76. The maximum Gasteiger partial charge on any atom is 0.316 e. The van der Waals surface area contributed by atoms with E-state index in [1.807, 2.05) is 5.32 Å². The number of urea groups is 1. The van der Waals surface area contributed by atoms with Crippen molar-refractivity contribution < 1.29 is 29.6 Å². The molecule has 1 aliphatic heterocycles. The molecule has 3 amide bonds. The van der Waals surface area contributed by atoms with Gasteiger partial charge in [-0.2, -0.15) is 5.26 Å². The molecular weight excluding hydrogens is 326 g/mol. The van der Waals surface area contributed by atoms with Crippen LogP contribution in [0.5, 0.6) is 0 Å². The Morgan fingerprint density at radius 1 is 1.33 bits per heavy atom. The first-order chi connectivity index (χ1) is 11.1. The number of nitriles is 1. The van der Waals surface area contributed by atoms with Gasteiger partial charge in [0, 0.05) is 0 Å². The molecule has 0 aromatic rings. The van der Waals surface area contributed by atoms with Crippen LogP contribution in [0.1, 0.15) is 0 Å². The summed E-state index contributed by atoms with van der Waals surface area (Å²) < 4.78 is 5.04. The molecule has 1 heterocycles. The molecule has 4 atom stereocenters. The van der Waals surface area contributed by atoms with Crippen LogP contribution in [0.3, 0.4) is 0 Å². The van der Waals surface area contributed by atoms with Gasteiger partial charge in [-0.1, -0.05) is 0 Å². The smallest absolute Gasteiger partial charge is 0.316 e. The number of aliphatic hydroxyl groups excluding tert-OH is 3. The molecule has 0 spiro atoms. The summed E-state index contributed by atoms with van der Waals surface area (Å²) in [6, 6.07) is 0.136. The highest BCUT2D eigenvalue weighted by Crippen LogP contribution is 2.23. The normalized spacial score (nSPS) is 27.0. The maximum absolute atomic E-state index is 12.3. The van der Waals surface area contributed by atoms with Gasteiger partial charge in [0.25, 0.3) is 5.91 Å². The molecule has 13 nitrogen and oxygen atoms in total. The summed E-state index contributed by atoms with van der Waals surface area (Å²) in [7, 11) is 0. The fourth-order valence-corrected chi connectivity index (χ4v) is 1.90. The highest BCUT2D eigenvalue weighted by Gasteiger charge is 2.46. The zero-order valence-electron chi connectivity index (χ0n) is 12.2. The van der Waals surface area contributed by atoms with Crippen molar-refractivity contribution in [1.29, 1.82) is 10.7 Å². The first-order valence-corrected chi connectivity index (χ1v) is 6.41. The molecule has 1 fully saturated rings. The average molecular weight is 343 g/mol. The molecule has 4 unspecified atom stereocenters. The molecule has 0 bridgehead atoms. The first-order valence-electron chi connectivity index (χ1n) is 6.41. The van der Waals surface area contributed by atoms with Gasteiger partial charge in [-0.3, -0.25) is 10.2 Å². The first kappa shape index (κ1) is 19.3. The van der Waals surface area contributed by atoms with E-state index in [-0.39, 0.29) is 5.01 Å². The predicted molar refractivity (Wildman–Crippen MR) is 76.1 cm³/mol. The summed E-state index contributed by atoms with van der Waals surface area (Å²) in [5.41, 5.74) is 7.99. The third kappa shape index (κ3) is 3.76. The lowest BCUT2D eigenvalue weighted by Gasteiger charge is -2.27. The fourth-order valence-electron chi connectivity index (χ4n) is 1.90. The molecule has 0 aromatic carbocycles. The second kappa shape index (κ2) is 7.68. The summed E-state index contributed by atoms with van der Waals surface area (Å²) in [6.07, 6.45) is -5.97. The van der Waals surface area contributed by atoms with Crippen LogP contribution in [0.25, 0.3) is 0 Å². The number of allylic oxidation sites excluding steroid dienone is 1. The van der Waals surface area contributed by atoms with Crippen LogP contribution in [0.4, 0.5) is 4.79 Å². The van der Waals surface area contributed by atoms with Crippen LogP contribution >= 0.6 is 0 Å². The van der Waals surface area contributed by atoms with Gasteiger partial charge in [0.2, 0.25) is 0 Å². The van der Waals surface area contributed by atoms with E-state index in [4.69, 9.17) is 37.8 Å². The van der Waals surface area contributed by atoms with E-state index in [0.717, 1.165) is 0 Å². The number of amides is 3. The van der Waals surface area contributed by atoms with Crippen LogP contribution in [-0.4, -0.2) is 69.1 Å². The lowest BCUT2D eigenvalue weighted by atomic mass is 10.1. The van der Waals surface area contributed by atoms with Crippen molar-refractivity contribution in [1.82, 2.24) is 10.3 Å². The van der Waals surface area contributed by atoms with E-state index in [1.165, 1.54) is 6.07 Å². The number of hydrazine groups is 1. The number of carbonyl (C=O) groups excluding carboxylic acids is 2. The van der Waals surface area contributed by atoms with Gasteiger partial charge in [-0.05, 0) is 0 Å². The van der Waals surface area contributed by atoms with Crippen molar-refractivity contribution in [3.05, 3.63) is 11.4 Å². The summed E-state index contributed by atoms with van der Waals surface area (Å²) in [6.45, 7) is -0.653. The zero-order chi connectivity index (χ0) is 18.6. The summed E-state index contributed by atoms with van der Waals surface area (Å²) >= 11 is 0. The van der Waals surface area contributed by atoms with Crippen LogP contribution in [0, 0.1) is 16.7 Å². The van der Waals surface area contributed by atoms with E-state index in [1.54, 1.807) is 0 Å². The van der Waals surface area contributed by atoms with Gasteiger partial charge in [0.15, 0.2) is 11.9 Å². The third-order valence-electron chi connectivity index (χ3n) is 3.14. The molecular formula is C11H17N7O6. The van der Waals surface area contributed by atoms with Crippen LogP contribution in [-0.2, 0) is 9.53 Å². The molecule has 0 radical (unpaired) electrons. The van der Waals surface area contributed by atoms with Crippen LogP contribution < -0.4 is 22.6 Å². The number of hydrogen-bond donors (Lipinski definition) is 8. The van der Waals surface area contributed by atoms with Gasteiger partial charge < -0.3 is 36.8 Å². The topological polar surface area (TPSA) is 245 Å². The van der Waals surface area contributed by atoms with E-state index in [0.29, 0.717) is 0 Å². The Bertz CT molecular complexity index is 614. The standard InChI is InChI=1S/C11H17N7O6/c12-1-3(13)5(14)6(17-11(15)23)9(22)18(16)10-8(21)7(20)4(2-19)24-10/h4,7-8,10,13,19-21H,2,14,16H2,(H3,15,17,23)/b6-5+,13-3?. The number of carbonyl (C=O) groups is 2. The SMILES string of the molecule is N#CC(=N)/C(N)=C(\NC(N)=O)C(=O)N(N)C1OC(CO)C(O)C1O. The molecule has 1 saturated heterocycles. The van der Waals surface area contributed by atoms with Gasteiger partial charge in [-0.15, -0.1) is 0 Å². The largest absolute Gasteiger partial charge is 0.395 e. The van der Waals surface area contributed by atoms with Gasteiger partial charge in [-0.25, -0.2) is 15.6 Å². The van der Waals surface area contributed by atoms with E-state index < -0.39 is 60.2 Å². The van der Waals surface area contributed by atoms with Gasteiger partial charge >= 0.3 is 6.03 Å². The van der Waals surface area contributed by atoms with E-state index >= 15 is 0 Å². The maximum atomic E-state index is 12.3. The number of rotatable bonds is 5. The Morgan fingerprint density at radius 2 is 1.92 bits per heavy atom. The predicted octanol–water partition coefficient (Wildman–Crippen LogP) is -4.49. The lowest BCUT2D eigenvalue weighted by Crippen LogP contribution is -2.54. The molecule has 0 aliphatic carbocycles. The van der Waals surface area contributed by atoms with Crippen molar-refractivity contribution in [2.75, 3.05) is 6.61 Å². The number of primary amides is 1. The van der Waals surface area contributed by atoms with Crippen LogP contribution in [0.15, 0.2) is 11.4 Å². The molecule has 13 heteroatoms. The highest BCUT2D eigenvalue weighted by molar-refractivity contribution is 6.14. The number of ether oxygens (including phenoxy) is 1. The number of nitrogens with one attached hydrogen (secondary N) is 2. The Balaban J connectivity index is 3.13. The van der Waals surface area contributed by atoms with E-state index in [9.17, 15) is 19.8 Å². The minimum atomic E-state index is -1.66. The monoisotopic (exact) mass is 343 g/mol. The molecule has 24 heavy (non-hydrogen) atoms. The third-order valence-corrected chi connectivity index (χ3v) is 3.14. The van der Waals surface area contributed by atoms with E-state index in [2.05, 4.69) is 0 Å². The van der Waals surface area contributed by atoms with Gasteiger partial charge in [0.1, 0.15) is 30.1 Å². The second-order valence-electron chi connectivity index (χ2n) is 4.71. The molecule has 0 saturated carbocycles. The Labute approximate surface area is 135 Å². The lowest BCUT2D eigenvalue weighted by molar-refractivity contribution is -0.150. The van der Waals surface area contributed by atoms with Crippen molar-refractivity contribution in [3.63, 3.8) is 0 Å². The molecule has 1 aliphatic rings. The minimum absolute atomic E-state index is 0.284. The van der Waals surface area contributed by atoms with Crippen LogP contribution in [0.2, 0.25) is 0 Å². The number of nitrogens with zero attached hydrogens (tertiary/aromatic N) is 2. The molecule has 0 aromatic heterocycles. The summed E-state index contributed by atoms with van der Waals surface area (Å²) in [4.78, 5) is 23.3. The van der Waals surface area contributed by atoms with Crippen molar-refractivity contribution in [2.45, 2.75) is 24.5 Å². The number of aliphatic hydroxyl groups is 3. The molecule has 11 N–H and O–H groups in total. The fraction of sp³-hybridized carbons (Fsp3) is 0.455. The average Bonchev–Trinajstić information content (AvgIpc) is 2.84. The second-order valence-corrected chi connectivity index (χ2v) is 4.71. The quantitative estimate of drug-likeness (QED) is 0.0786. The van der Waals surface area contributed by atoms with Gasteiger partial charge in [0.05, 0.1) is 12.3 Å². The Morgan fingerprint density at radius 3 is 2.33 bits per heavy atom. The van der Waals surface area contributed by atoms with Crippen molar-refractivity contribution >= 4 is 17.6 Å². The van der Waals surface area contributed by atoms with Crippen molar-refractivity contribution in [3.8, 4) is 6.07 Å². The van der Waals surface area contributed by atoms with Crippen molar-refractivity contribution in [2.24, 2.45) is 17.3 Å². The minimum Gasteiger partial charge on any atom is -0.395 e. The summed E-state index contributed by atoms with van der Waals surface area (Å²) in [5.74, 6) is 4.27. The Kier molecular flexibility index (Phi) is 6.17. The number of hydrogen-bond acceptors (Lipinski definition) is 10. The molecule has 1 rings (SSSR count). The zero-order valence-corrected chi connectivity index (χ0v) is 12.2.